The Morgan fingerprint density at radius 3 is 2.10 bits per heavy atom. The van der Waals surface area contributed by atoms with E-state index in [1.54, 1.807) is 0 Å². The average Bonchev–Trinajstić information content (AvgIpc) is 2.67. The van der Waals surface area contributed by atoms with Crippen molar-refractivity contribution in [1.29, 1.82) is 0 Å². The summed E-state index contributed by atoms with van der Waals surface area (Å²) in [5.41, 5.74) is 3.06. The number of hydrogen-bond acceptors (Lipinski definition) is 2. The van der Waals surface area contributed by atoms with Crippen molar-refractivity contribution in [2.45, 2.75) is 94.9 Å². The number of amides is 1. The highest BCUT2D eigenvalue weighted by Gasteiger charge is 2.34. The predicted octanol–water partition coefficient (Wildman–Crippen LogP) is 7.32. The van der Waals surface area contributed by atoms with Crippen molar-refractivity contribution in [2.24, 2.45) is 0 Å². The van der Waals surface area contributed by atoms with Crippen LogP contribution in [0.3, 0.4) is 0 Å². The van der Waals surface area contributed by atoms with Crippen molar-refractivity contribution < 1.29 is 4.79 Å². The van der Waals surface area contributed by atoms with E-state index < -0.39 is 9.96 Å². The van der Waals surface area contributed by atoms with Crippen molar-refractivity contribution >= 4 is 63.7 Å². The molecule has 1 rings (SSSR count). The van der Waals surface area contributed by atoms with E-state index in [4.69, 9.17) is 47.0 Å². The normalized spacial score (nSPS) is 12.3. The molecule has 1 aromatic rings. The molecule has 0 aliphatic carbocycles. The third kappa shape index (κ3) is 12.8. The Morgan fingerprint density at radius 1 is 0.968 bits per heavy atom. The molecular formula is C23H36Cl3N3OS. The van der Waals surface area contributed by atoms with Crippen LogP contribution in [0.1, 0.15) is 82.3 Å². The van der Waals surface area contributed by atoms with Crippen molar-refractivity contribution in [3.8, 4) is 0 Å². The van der Waals surface area contributed by atoms with Crippen molar-refractivity contribution in [1.82, 2.24) is 10.6 Å². The molecule has 1 aromatic carbocycles. The highest BCUT2D eigenvalue weighted by atomic mass is 35.6. The van der Waals surface area contributed by atoms with Crippen LogP contribution in [0.4, 0.5) is 5.69 Å². The Bertz CT molecular complexity index is 695. The topological polar surface area (TPSA) is 53.2 Å². The summed E-state index contributed by atoms with van der Waals surface area (Å²) in [4.78, 5) is 12.3. The molecule has 0 aromatic heterocycles. The number of aryl methyl sites for hydroxylation is 2. The van der Waals surface area contributed by atoms with E-state index in [1.165, 1.54) is 38.5 Å². The summed E-state index contributed by atoms with van der Waals surface area (Å²) < 4.78 is -1.75. The van der Waals surface area contributed by atoms with Crippen LogP contribution in [-0.2, 0) is 4.79 Å². The van der Waals surface area contributed by atoms with Crippen LogP contribution < -0.4 is 16.0 Å². The number of carbonyl (C=O) groups excluding carboxylic acids is 1. The summed E-state index contributed by atoms with van der Waals surface area (Å²) in [6.45, 7) is 6.23. The molecule has 0 radical (unpaired) electrons. The molecule has 4 nitrogen and oxygen atoms in total. The first kappa shape index (κ1) is 28.3. The molecule has 3 N–H and O–H groups in total. The van der Waals surface area contributed by atoms with Crippen molar-refractivity contribution in [2.75, 3.05) is 5.32 Å². The van der Waals surface area contributed by atoms with Crippen LogP contribution in [0, 0.1) is 13.8 Å². The van der Waals surface area contributed by atoms with Gasteiger partial charge in [-0.15, -0.1) is 0 Å². The van der Waals surface area contributed by atoms with Crippen LogP contribution in [0.25, 0.3) is 0 Å². The standard InChI is InChI=1S/C23H36Cl3N3OS/c1-4-5-6-7-8-9-10-11-12-13-20(30)28-21(23(24,25)26)29-22(31)27-19-15-14-17(2)16-18(19)3/h14-16,21H,4-13H2,1-3H3,(H,28,30)(H2,27,29,31)/t21-/m1/s1. The van der Waals surface area contributed by atoms with E-state index in [0.29, 0.717) is 6.42 Å². The van der Waals surface area contributed by atoms with Gasteiger partial charge in [0.2, 0.25) is 9.70 Å². The molecule has 0 saturated heterocycles. The summed E-state index contributed by atoms with van der Waals surface area (Å²) in [7, 11) is 0. The maximum absolute atomic E-state index is 12.3. The lowest BCUT2D eigenvalue weighted by atomic mass is 10.1. The van der Waals surface area contributed by atoms with Gasteiger partial charge in [0.15, 0.2) is 5.11 Å². The van der Waals surface area contributed by atoms with E-state index in [9.17, 15) is 4.79 Å². The lowest BCUT2D eigenvalue weighted by Gasteiger charge is -2.28. The van der Waals surface area contributed by atoms with Crippen LogP contribution in [-0.4, -0.2) is 21.0 Å². The fourth-order valence-corrected chi connectivity index (χ4v) is 3.83. The molecule has 0 aliphatic rings. The molecule has 0 unspecified atom stereocenters. The smallest absolute Gasteiger partial charge is 0.228 e. The predicted molar refractivity (Wildman–Crippen MR) is 139 cm³/mol. The first-order valence-electron chi connectivity index (χ1n) is 11.1. The number of unbranched alkanes of at least 4 members (excludes halogenated alkanes) is 8. The summed E-state index contributed by atoms with van der Waals surface area (Å²) in [6, 6.07) is 5.97. The number of hydrogen-bond donors (Lipinski definition) is 3. The Labute approximate surface area is 208 Å². The van der Waals surface area contributed by atoms with Gasteiger partial charge in [0.1, 0.15) is 6.17 Å². The molecule has 0 aliphatic heterocycles. The number of anilines is 1. The van der Waals surface area contributed by atoms with Gasteiger partial charge in [-0.2, -0.15) is 0 Å². The Hall–Kier alpha value is -0.750. The number of benzene rings is 1. The highest BCUT2D eigenvalue weighted by Crippen LogP contribution is 2.29. The number of nitrogens with one attached hydrogen (secondary N) is 3. The van der Waals surface area contributed by atoms with Gasteiger partial charge in [0.05, 0.1) is 0 Å². The van der Waals surface area contributed by atoms with Gasteiger partial charge in [-0.05, 0) is 44.1 Å². The van der Waals surface area contributed by atoms with Crippen LogP contribution >= 0.6 is 47.0 Å². The molecule has 1 amide bonds. The first-order chi connectivity index (χ1) is 14.6. The van der Waals surface area contributed by atoms with E-state index in [0.717, 1.165) is 36.1 Å². The third-order valence-electron chi connectivity index (χ3n) is 5.05. The SMILES string of the molecule is CCCCCCCCCCCC(=O)N[C@H](NC(=S)Nc1ccc(C)cc1C)C(Cl)(Cl)Cl. The number of thiocarbonyl (C=S) groups is 1. The minimum absolute atomic E-state index is 0.166. The maximum atomic E-state index is 12.3. The minimum Gasteiger partial charge on any atom is -0.339 e. The number of halogens is 3. The van der Waals surface area contributed by atoms with Gasteiger partial charge >= 0.3 is 0 Å². The first-order valence-corrected chi connectivity index (χ1v) is 12.7. The second kappa shape index (κ2) is 15.2. The van der Waals surface area contributed by atoms with Gasteiger partial charge in [0, 0.05) is 12.1 Å². The molecule has 1 atom stereocenters. The molecule has 0 bridgehead atoms. The van der Waals surface area contributed by atoms with Crippen LogP contribution in [0.15, 0.2) is 18.2 Å². The van der Waals surface area contributed by atoms with E-state index in [1.807, 2.05) is 32.0 Å². The molecule has 176 valence electrons. The largest absolute Gasteiger partial charge is 0.339 e. The van der Waals surface area contributed by atoms with Crippen molar-refractivity contribution in [3.05, 3.63) is 29.3 Å². The molecule has 0 spiro atoms. The zero-order valence-electron chi connectivity index (χ0n) is 18.8. The fraction of sp³-hybridized carbons (Fsp3) is 0.652. The second-order valence-corrected chi connectivity index (χ2v) is 10.8. The van der Waals surface area contributed by atoms with Crippen molar-refractivity contribution in [3.63, 3.8) is 0 Å². The monoisotopic (exact) mass is 507 g/mol. The molecule has 8 heteroatoms. The number of carbonyl (C=O) groups is 1. The van der Waals surface area contributed by atoms with E-state index in [-0.39, 0.29) is 11.0 Å². The maximum Gasteiger partial charge on any atom is 0.228 e. The Balaban J connectivity index is 2.39. The molecule has 0 saturated carbocycles. The zero-order chi connectivity index (χ0) is 23.3. The molecule has 31 heavy (non-hydrogen) atoms. The third-order valence-corrected chi connectivity index (χ3v) is 5.92. The van der Waals surface area contributed by atoms with E-state index >= 15 is 0 Å². The van der Waals surface area contributed by atoms with E-state index in [2.05, 4.69) is 22.9 Å². The Kier molecular flexibility index (Phi) is 13.8. The molecule has 0 fully saturated rings. The lowest BCUT2D eigenvalue weighted by Crippen LogP contribution is -2.56. The van der Waals surface area contributed by atoms with Gasteiger partial charge in [-0.25, -0.2) is 0 Å². The van der Waals surface area contributed by atoms with Crippen LogP contribution in [0.5, 0.6) is 0 Å². The fourth-order valence-electron chi connectivity index (χ4n) is 3.27. The quantitative estimate of drug-likeness (QED) is 0.113. The van der Waals surface area contributed by atoms with Gasteiger partial charge < -0.3 is 16.0 Å². The summed E-state index contributed by atoms with van der Waals surface area (Å²) >= 11 is 23.5. The number of alkyl halides is 3. The summed E-state index contributed by atoms with van der Waals surface area (Å²) in [5.74, 6) is -0.166. The molecule has 0 heterocycles. The van der Waals surface area contributed by atoms with Gasteiger partial charge in [-0.3, -0.25) is 4.79 Å². The summed E-state index contributed by atoms with van der Waals surface area (Å²) in [5, 5.41) is 9.02. The average molecular weight is 509 g/mol. The lowest BCUT2D eigenvalue weighted by molar-refractivity contribution is -0.122. The van der Waals surface area contributed by atoms with Crippen LogP contribution in [0.2, 0.25) is 0 Å². The van der Waals surface area contributed by atoms with Gasteiger partial charge in [0.25, 0.3) is 0 Å². The summed E-state index contributed by atoms with van der Waals surface area (Å²) in [6.07, 6.45) is 10.2. The zero-order valence-corrected chi connectivity index (χ0v) is 21.9. The second-order valence-electron chi connectivity index (χ2n) is 8.04. The Morgan fingerprint density at radius 2 is 1.55 bits per heavy atom. The highest BCUT2D eigenvalue weighted by molar-refractivity contribution is 7.80. The van der Waals surface area contributed by atoms with Gasteiger partial charge in [-0.1, -0.05) is 111 Å². The minimum atomic E-state index is -1.75. The number of rotatable bonds is 13. The molecular weight excluding hydrogens is 473 g/mol.